The first kappa shape index (κ1) is 23.5. The van der Waals surface area contributed by atoms with E-state index in [0.29, 0.717) is 29.7 Å². The van der Waals surface area contributed by atoms with Gasteiger partial charge in [0.1, 0.15) is 11.5 Å². The predicted molar refractivity (Wildman–Crippen MR) is 128 cm³/mol. The van der Waals surface area contributed by atoms with Crippen LogP contribution in [0.2, 0.25) is 0 Å². The summed E-state index contributed by atoms with van der Waals surface area (Å²) in [5.41, 5.74) is 4.44. The summed E-state index contributed by atoms with van der Waals surface area (Å²) >= 11 is 0. The number of hydrogen-bond acceptors (Lipinski definition) is 6. The molecule has 0 aliphatic carbocycles. The molecule has 176 valence electrons. The van der Waals surface area contributed by atoms with E-state index in [1.165, 1.54) is 28.6 Å². The molecule has 3 N–H and O–H groups in total. The third-order valence-corrected chi connectivity index (χ3v) is 7.68. The van der Waals surface area contributed by atoms with Crippen molar-refractivity contribution in [1.29, 1.82) is 0 Å². The third-order valence-electron chi connectivity index (χ3n) is 5.77. The number of sulfonamides is 1. The lowest BCUT2D eigenvalue weighted by atomic mass is 9.97. The van der Waals surface area contributed by atoms with Crippen LogP contribution in [0.25, 0.3) is 0 Å². The SMILES string of the molecule is O=C(NN=C(c1ccc(O)cc1)c1ccc(O)cc1)C1CCN(S(=O)(=O)c2ccccc2)CC1. The van der Waals surface area contributed by atoms with Crippen molar-refractivity contribution < 1.29 is 23.4 Å². The van der Waals surface area contributed by atoms with E-state index in [1.54, 1.807) is 54.6 Å². The van der Waals surface area contributed by atoms with E-state index in [1.807, 2.05) is 0 Å². The molecule has 1 aliphatic rings. The van der Waals surface area contributed by atoms with Crippen molar-refractivity contribution in [3.8, 4) is 11.5 Å². The molecule has 0 bridgehead atoms. The second kappa shape index (κ2) is 10.1. The second-order valence-corrected chi connectivity index (χ2v) is 9.96. The summed E-state index contributed by atoms with van der Waals surface area (Å²) in [7, 11) is -3.58. The number of phenolic OH excluding ortho intramolecular Hbond substituents is 2. The molecule has 0 unspecified atom stereocenters. The standard InChI is InChI=1S/C25H25N3O5S/c29-21-10-6-18(7-11-21)24(19-8-12-22(30)13-9-19)26-27-25(31)20-14-16-28(17-15-20)34(32,33)23-4-2-1-3-5-23/h1-13,20,29-30H,14-17H2,(H,27,31). The van der Waals surface area contributed by atoms with Gasteiger partial charge in [0.15, 0.2) is 0 Å². The fraction of sp³-hybridized carbons (Fsp3) is 0.200. The van der Waals surface area contributed by atoms with Crippen LogP contribution in [0.3, 0.4) is 0 Å². The fourth-order valence-electron chi connectivity index (χ4n) is 3.84. The monoisotopic (exact) mass is 479 g/mol. The van der Waals surface area contributed by atoms with Gasteiger partial charge in [0, 0.05) is 30.1 Å². The van der Waals surface area contributed by atoms with Crippen molar-refractivity contribution >= 4 is 21.6 Å². The maximum atomic E-state index is 12.8. The third kappa shape index (κ3) is 5.27. The van der Waals surface area contributed by atoms with Crippen molar-refractivity contribution in [1.82, 2.24) is 9.73 Å². The number of rotatable bonds is 6. The minimum absolute atomic E-state index is 0.107. The zero-order valence-electron chi connectivity index (χ0n) is 18.3. The molecular weight excluding hydrogens is 454 g/mol. The molecule has 0 spiro atoms. The maximum absolute atomic E-state index is 12.8. The van der Waals surface area contributed by atoms with Gasteiger partial charge in [-0.3, -0.25) is 4.79 Å². The molecule has 0 saturated carbocycles. The molecule has 1 aliphatic heterocycles. The first-order valence-electron chi connectivity index (χ1n) is 10.9. The number of phenols is 2. The summed E-state index contributed by atoms with van der Waals surface area (Å²) in [6, 6.07) is 21.1. The van der Waals surface area contributed by atoms with Crippen LogP contribution in [0.4, 0.5) is 0 Å². The molecule has 3 aromatic rings. The number of benzene rings is 3. The number of nitrogens with zero attached hydrogens (tertiary/aromatic N) is 2. The number of carbonyl (C=O) groups excluding carboxylic acids is 1. The Morgan fingerprint density at radius 2 is 1.32 bits per heavy atom. The van der Waals surface area contributed by atoms with E-state index in [9.17, 15) is 23.4 Å². The number of hydrazone groups is 1. The molecule has 0 aromatic heterocycles. The van der Waals surface area contributed by atoms with Crippen LogP contribution < -0.4 is 5.43 Å². The zero-order valence-corrected chi connectivity index (χ0v) is 19.1. The van der Waals surface area contributed by atoms with Crippen LogP contribution in [-0.4, -0.2) is 47.6 Å². The Kier molecular flexibility index (Phi) is 6.95. The molecule has 4 rings (SSSR count). The Labute approximate surface area is 198 Å². The van der Waals surface area contributed by atoms with Gasteiger partial charge in [-0.2, -0.15) is 9.41 Å². The van der Waals surface area contributed by atoms with Crippen LogP contribution in [-0.2, 0) is 14.8 Å². The van der Waals surface area contributed by atoms with E-state index < -0.39 is 10.0 Å². The average molecular weight is 480 g/mol. The lowest BCUT2D eigenvalue weighted by Crippen LogP contribution is -2.42. The molecule has 9 heteroatoms. The fourth-order valence-corrected chi connectivity index (χ4v) is 5.33. The summed E-state index contributed by atoms with van der Waals surface area (Å²) in [6.07, 6.45) is 0.780. The van der Waals surface area contributed by atoms with Crippen LogP contribution in [0.5, 0.6) is 11.5 Å². The van der Waals surface area contributed by atoms with Gasteiger partial charge in [0.25, 0.3) is 0 Å². The number of piperidine rings is 1. The van der Waals surface area contributed by atoms with Gasteiger partial charge in [-0.25, -0.2) is 13.8 Å². The quantitative estimate of drug-likeness (QED) is 0.371. The highest BCUT2D eigenvalue weighted by Crippen LogP contribution is 2.24. The van der Waals surface area contributed by atoms with E-state index in [-0.39, 0.29) is 41.3 Å². The van der Waals surface area contributed by atoms with Crippen molar-refractivity contribution in [3.63, 3.8) is 0 Å². The molecule has 3 aromatic carbocycles. The van der Waals surface area contributed by atoms with Gasteiger partial charge in [-0.1, -0.05) is 18.2 Å². The van der Waals surface area contributed by atoms with E-state index in [2.05, 4.69) is 10.5 Å². The van der Waals surface area contributed by atoms with Gasteiger partial charge in [0.05, 0.1) is 10.6 Å². The number of carbonyl (C=O) groups is 1. The Bertz CT molecular complexity index is 1220. The van der Waals surface area contributed by atoms with Crippen molar-refractivity contribution in [2.45, 2.75) is 17.7 Å². The van der Waals surface area contributed by atoms with E-state index >= 15 is 0 Å². The molecule has 0 radical (unpaired) electrons. The van der Waals surface area contributed by atoms with Gasteiger partial charge >= 0.3 is 0 Å². The van der Waals surface area contributed by atoms with Gasteiger partial charge in [-0.05, 0) is 73.5 Å². The summed E-state index contributed by atoms with van der Waals surface area (Å²) in [4.78, 5) is 13.1. The highest BCUT2D eigenvalue weighted by atomic mass is 32.2. The summed E-state index contributed by atoms with van der Waals surface area (Å²) < 4.78 is 27.0. The predicted octanol–water partition coefficient (Wildman–Crippen LogP) is 3.07. The number of hydrogen-bond donors (Lipinski definition) is 3. The largest absolute Gasteiger partial charge is 0.508 e. The first-order valence-corrected chi connectivity index (χ1v) is 12.3. The molecule has 0 atom stereocenters. The Hall–Kier alpha value is -3.69. The van der Waals surface area contributed by atoms with Gasteiger partial charge in [0.2, 0.25) is 15.9 Å². The van der Waals surface area contributed by atoms with E-state index in [4.69, 9.17) is 0 Å². The number of amides is 1. The average Bonchev–Trinajstić information content (AvgIpc) is 2.86. The van der Waals surface area contributed by atoms with Gasteiger partial charge in [-0.15, -0.1) is 0 Å². The Balaban J connectivity index is 1.46. The second-order valence-electron chi connectivity index (χ2n) is 8.02. The molecule has 34 heavy (non-hydrogen) atoms. The zero-order chi connectivity index (χ0) is 24.1. The van der Waals surface area contributed by atoms with Crippen LogP contribution in [0, 0.1) is 5.92 Å². The van der Waals surface area contributed by atoms with Crippen molar-refractivity contribution in [2.75, 3.05) is 13.1 Å². The van der Waals surface area contributed by atoms with Gasteiger partial charge < -0.3 is 10.2 Å². The summed E-state index contributed by atoms with van der Waals surface area (Å²) in [6.45, 7) is 0.504. The van der Waals surface area contributed by atoms with Crippen LogP contribution >= 0.6 is 0 Å². The summed E-state index contributed by atoms with van der Waals surface area (Å²) in [5, 5.41) is 23.5. The lowest BCUT2D eigenvalue weighted by Gasteiger charge is -2.30. The van der Waals surface area contributed by atoms with Crippen molar-refractivity contribution in [2.24, 2.45) is 11.0 Å². The number of aromatic hydroxyl groups is 2. The van der Waals surface area contributed by atoms with Crippen LogP contribution in [0.1, 0.15) is 24.0 Å². The molecule has 1 fully saturated rings. The van der Waals surface area contributed by atoms with E-state index in [0.717, 1.165) is 0 Å². The first-order chi connectivity index (χ1) is 16.3. The topological polar surface area (TPSA) is 119 Å². The molecule has 1 heterocycles. The highest BCUT2D eigenvalue weighted by molar-refractivity contribution is 7.89. The lowest BCUT2D eigenvalue weighted by molar-refractivity contribution is -0.126. The molecular formula is C25H25N3O5S. The van der Waals surface area contributed by atoms with Crippen LogP contribution in [0.15, 0.2) is 88.9 Å². The molecule has 8 nitrogen and oxygen atoms in total. The summed E-state index contributed by atoms with van der Waals surface area (Å²) in [5.74, 6) is -0.441. The Morgan fingerprint density at radius 1 is 0.824 bits per heavy atom. The minimum Gasteiger partial charge on any atom is -0.508 e. The molecule has 1 saturated heterocycles. The minimum atomic E-state index is -3.58. The van der Waals surface area contributed by atoms with Crippen molar-refractivity contribution in [3.05, 3.63) is 90.0 Å². The molecule has 1 amide bonds. The smallest absolute Gasteiger partial charge is 0.243 e. The normalized spacial score (nSPS) is 14.9. The highest BCUT2D eigenvalue weighted by Gasteiger charge is 2.32. The Morgan fingerprint density at radius 3 is 1.82 bits per heavy atom. The number of nitrogens with one attached hydrogen (secondary N) is 1. The maximum Gasteiger partial charge on any atom is 0.243 e.